The number of ether oxygens (including phenoxy) is 1. The van der Waals surface area contributed by atoms with Gasteiger partial charge >= 0.3 is 0 Å². The van der Waals surface area contributed by atoms with Gasteiger partial charge in [-0.2, -0.15) is 5.26 Å². The molecule has 0 aromatic heterocycles. The van der Waals surface area contributed by atoms with Gasteiger partial charge in [-0.15, -0.1) is 0 Å². The second-order valence-electron chi connectivity index (χ2n) is 5.56. The van der Waals surface area contributed by atoms with Crippen LogP contribution in [0.25, 0.3) is 0 Å². The Labute approximate surface area is 130 Å². The zero-order chi connectivity index (χ0) is 15.2. The molecule has 4 nitrogen and oxygen atoms in total. The molecule has 0 aliphatic heterocycles. The Morgan fingerprint density at radius 1 is 1.52 bits per heavy atom. The first kappa shape index (κ1) is 15.8. The van der Waals surface area contributed by atoms with Crippen molar-refractivity contribution < 1.29 is 9.53 Å². The van der Waals surface area contributed by atoms with Crippen molar-refractivity contribution in [3.05, 3.63) is 28.8 Å². The van der Waals surface area contributed by atoms with Crippen LogP contribution in [0.15, 0.2) is 18.2 Å². The lowest BCUT2D eigenvalue weighted by molar-refractivity contribution is -0.123. The van der Waals surface area contributed by atoms with Crippen LogP contribution in [0, 0.1) is 17.2 Å². The summed E-state index contributed by atoms with van der Waals surface area (Å²) in [4.78, 5) is 11.9. The van der Waals surface area contributed by atoms with Crippen molar-refractivity contribution in [2.75, 3.05) is 11.9 Å². The number of hydrogen-bond acceptors (Lipinski definition) is 3. The highest BCUT2D eigenvalue weighted by atomic mass is 35.5. The average molecular weight is 307 g/mol. The van der Waals surface area contributed by atoms with Crippen molar-refractivity contribution in [1.82, 2.24) is 0 Å². The van der Waals surface area contributed by atoms with Crippen molar-refractivity contribution in [3.63, 3.8) is 0 Å². The first-order chi connectivity index (χ1) is 10.1. The summed E-state index contributed by atoms with van der Waals surface area (Å²) in [6.07, 6.45) is 4.65. The number of rotatable bonds is 4. The number of nitriles is 1. The molecule has 0 saturated heterocycles. The molecule has 0 radical (unpaired) electrons. The summed E-state index contributed by atoms with van der Waals surface area (Å²) in [5.41, 5.74) is 0.965. The van der Waals surface area contributed by atoms with Gasteiger partial charge < -0.3 is 10.1 Å². The lowest BCUT2D eigenvalue weighted by Crippen LogP contribution is -2.26. The van der Waals surface area contributed by atoms with E-state index in [-0.39, 0.29) is 18.6 Å². The molecule has 5 heteroatoms. The van der Waals surface area contributed by atoms with E-state index in [9.17, 15) is 4.79 Å². The normalized spacial score (nSPS) is 21.6. The molecule has 112 valence electrons. The van der Waals surface area contributed by atoms with Crippen LogP contribution in [0.5, 0.6) is 0 Å². The molecule has 1 aliphatic rings. The fourth-order valence-electron chi connectivity index (χ4n) is 2.60. The summed E-state index contributed by atoms with van der Waals surface area (Å²) >= 11 is 5.92. The Morgan fingerprint density at radius 3 is 3.00 bits per heavy atom. The van der Waals surface area contributed by atoms with E-state index in [4.69, 9.17) is 21.6 Å². The zero-order valence-electron chi connectivity index (χ0n) is 12.1. The van der Waals surface area contributed by atoms with Gasteiger partial charge in [0.2, 0.25) is 5.91 Å². The minimum absolute atomic E-state index is 0.0506. The van der Waals surface area contributed by atoms with Gasteiger partial charge in [0.25, 0.3) is 0 Å². The number of nitrogens with zero attached hydrogens (tertiary/aromatic N) is 1. The molecule has 0 heterocycles. The van der Waals surface area contributed by atoms with E-state index in [0.29, 0.717) is 22.2 Å². The van der Waals surface area contributed by atoms with Crippen LogP contribution in [0.4, 0.5) is 5.69 Å². The Morgan fingerprint density at radius 2 is 2.33 bits per heavy atom. The van der Waals surface area contributed by atoms with Crippen molar-refractivity contribution in [2.24, 2.45) is 5.92 Å². The van der Waals surface area contributed by atoms with Gasteiger partial charge in [0.1, 0.15) is 12.7 Å². The monoisotopic (exact) mass is 306 g/mol. The quantitative estimate of drug-likeness (QED) is 0.921. The molecule has 0 bridgehead atoms. The van der Waals surface area contributed by atoms with Crippen molar-refractivity contribution in [1.29, 1.82) is 5.26 Å². The predicted octanol–water partition coefficient (Wildman–Crippen LogP) is 3.75. The summed E-state index contributed by atoms with van der Waals surface area (Å²) in [5.74, 6) is 0.471. The van der Waals surface area contributed by atoms with Gasteiger partial charge in [0.15, 0.2) is 0 Å². The van der Waals surface area contributed by atoms with Crippen LogP contribution in [0.1, 0.15) is 38.2 Å². The number of benzene rings is 1. The SMILES string of the molecule is CC1CCCC(OCC(=O)Nc2ccc(C#N)c(Cl)c2)C1. The van der Waals surface area contributed by atoms with E-state index in [0.717, 1.165) is 12.8 Å². The summed E-state index contributed by atoms with van der Waals surface area (Å²) in [5, 5.41) is 11.9. The number of carbonyl (C=O) groups is 1. The van der Waals surface area contributed by atoms with Crippen LogP contribution < -0.4 is 5.32 Å². The molecule has 1 aromatic carbocycles. The molecule has 21 heavy (non-hydrogen) atoms. The van der Waals surface area contributed by atoms with E-state index >= 15 is 0 Å². The molecular formula is C16H19ClN2O2. The highest BCUT2D eigenvalue weighted by Crippen LogP contribution is 2.25. The van der Waals surface area contributed by atoms with Crippen molar-refractivity contribution in [3.8, 4) is 6.07 Å². The Bertz CT molecular complexity index is 554. The van der Waals surface area contributed by atoms with E-state index in [1.54, 1.807) is 18.2 Å². The highest BCUT2D eigenvalue weighted by Gasteiger charge is 2.20. The molecule has 1 fully saturated rings. The lowest BCUT2D eigenvalue weighted by Gasteiger charge is -2.26. The van der Waals surface area contributed by atoms with E-state index < -0.39 is 0 Å². The molecule has 1 saturated carbocycles. The molecular weight excluding hydrogens is 288 g/mol. The van der Waals surface area contributed by atoms with Gasteiger partial charge in [0.05, 0.1) is 16.7 Å². The van der Waals surface area contributed by atoms with Crippen molar-refractivity contribution >= 4 is 23.2 Å². The zero-order valence-corrected chi connectivity index (χ0v) is 12.8. The second kappa shape index (κ2) is 7.44. The van der Waals surface area contributed by atoms with Gasteiger partial charge in [0, 0.05) is 5.69 Å². The summed E-state index contributed by atoms with van der Waals surface area (Å²) in [6, 6.07) is 6.79. The fourth-order valence-corrected chi connectivity index (χ4v) is 2.83. The number of hydrogen-bond donors (Lipinski definition) is 1. The van der Waals surface area contributed by atoms with Gasteiger partial charge in [-0.3, -0.25) is 4.79 Å². The Kier molecular flexibility index (Phi) is 5.60. The third-order valence-corrected chi connectivity index (χ3v) is 4.02. The summed E-state index contributed by atoms with van der Waals surface area (Å²) in [6.45, 7) is 2.27. The van der Waals surface area contributed by atoms with E-state index in [1.165, 1.54) is 12.8 Å². The maximum absolute atomic E-state index is 11.9. The maximum atomic E-state index is 11.9. The van der Waals surface area contributed by atoms with Gasteiger partial charge in [-0.25, -0.2) is 0 Å². The fraction of sp³-hybridized carbons (Fsp3) is 0.500. The second-order valence-corrected chi connectivity index (χ2v) is 5.97. The third-order valence-electron chi connectivity index (χ3n) is 3.71. The number of carbonyl (C=O) groups excluding carboxylic acids is 1. The van der Waals surface area contributed by atoms with Crippen molar-refractivity contribution in [2.45, 2.75) is 38.7 Å². The summed E-state index contributed by atoms with van der Waals surface area (Å²) < 4.78 is 5.67. The van der Waals surface area contributed by atoms with E-state index in [2.05, 4.69) is 12.2 Å². The molecule has 1 aliphatic carbocycles. The number of anilines is 1. The molecule has 2 atom stereocenters. The largest absolute Gasteiger partial charge is 0.368 e. The molecule has 0 spiro atoms. The first-order valence-electron chi connectivity index (χ1n) is 7.19. The minimum Gasteiger partial charge on any atom is -0.368 e. The topological polar surface area (TPSA) is 62.1 Å². The number of halogens is 1. The van der Waals surface area contributed by atoms with Crippen LogP contribution in [0.2, 0.25) is 5.02 Å². The number of amides is 1. The van der Waals surface area contributed by atoms with Crippen LogP contribution in [-0.2, 0) is 9.53 Å². The van der Waals surface area contributed by atoms with E-state index in [1.807, 2.05) is 6.07 Å². The summed E-state index contributed by atoms with van der Waals surface area (Å²) in [7, 11) is 0. The number of nitrogens with one attached hydrogen (secondary N) is 1. The Balaban J connectivity index is 1.82. The Hall–Kier alpha value is -1.57. The molecule has 1 N–H and O–H groups in total. The van der Waals surface area contributed by atoms with Gasteiger partial charge in [-0.1, -0.05) is 31.4 Å². The smallest absolute Gasteiger partial charge is 0.250 e. The molecule has 2 unspecified atom stereocenters. The lowest BCUT2D eigenvalue weighted by atomic mass is 9.89. The van der Waals surface area contributed by atoms with Gasteiger partial charge in [-0.05, 0) is 37.0 Å². The third kappa shape index (κ3) is 4.73. The standard InChI is InChI=1S/C16H19ClN2O2/c1-11-3-2-4-14(7-11)21-10-16(20)19-13-6-5-12(9-18)15(17)8-13/h5-6,8,11,14H,2-4,7,10H2,1H3,(H,19,20). The maximum Gasteiger partial charge on any atom is 0.250 e. The van der Waals surface area contributed by atoms with Crippen LogP contribution >= 0.6 is 11.6 Å². The highest BCUT2D eigenvalue weighted by molar-refractivity contribution is 6.32. The molecule has 1 amide bonds. The molecule has 2 rings (SSSR count). The van der Waals surface area contributed by atoms with Crippen LogP contribution in [-0.4, -0.2) is 18.6 Å². The first-order valence-corrected chi connectivity index (χ1v) is 7.57. The van der Waals surface area contributed by atoms with Crippen LogP contribution in [0.3, 0.4) is 0 Å². The predicted molar refractivity (Wildman–Crippen MR) is 82.2 cm³/mol. The molecule has 1 aromatic rings. The minimum atomic E-state index is -0.200. The average Bonchev–Trinajstić information content (AvgIpc) is 2.45.